The summed E-state index contributed by atoms with van der Waals surface area (Å²) in [4.78, 5) is 11.7. The van der Waals surface area contributed by atoms with Crippen LogP contribution in [0.15, 0.2) is 40.0 Å². The molecule has 0 spiro atoms. The fraction of sp³-hybridized carbons (Fsp3) is 0.357. The van der Waals surface area contributed by atoms with E-state index < -0.39 is 15.1 Å². The second kappa shape index (κ2) is 7.17. The maximum Gasteiger partial charge on any atom is 0.335 e. The van der Waals surface area contributed by atoms with Gasteiger partial charge in [0, 0.05) is 25.6 Å². The van der Waals surface area contributed by atoms with E-state index in [0.29, 0.717) is 25.8 Å². The third-order valence-electron chi connectivity index (χ3n) is 2.91. The highest BCUT2D eigenvalue weighted by Crippen LogP contribution is 2.07. The molecule has 0 atom stereocenters. The van der Waals surface area contributed by atoms with Gasteiger partial charge < -0.3 is 9.73 Å². The summed E-state index contributed by atoms with van der Waals surface area (Å²) in [5, 5.41) is 9.40. The summed E-state index contributed by atoms with van der Waals surface area (Å²) in [7, 11) is -3.49. The molecule has 0 radical (unpaired) electrons. The summed E-state index contributed by atoms with van der Waals surface area (Å²) >= 11 is 0. The van der Waals surface area contributed by atoms with Gasteiger partial charge in [0.25, 0.3) is 0 Å². The van der Waals surface area contributed by atoms with Crippen molar-refractivity contribution in [1.29, 1.82) is 0 Å². The van der Waals surface area contributed by atoms with Gasteiger partial charge in [0.2, 0.25) is 21.6 Å². The number of aromatic nitrogens is 2. The van der Waals surface area contributed by atoms with E-state index in [4.69, 9.17) is 4.42 Å². The van der Waals surface area contributed by atoms with E-state index in [1.165, 1.54) is 0 Å². The van der Waals surface area contributed by atoms with Crippen molar-refractivity contribution in [3.05, 3.63) is 41.8 Å². The summed E-state index contributed by atoms with van der Waals surface area (Å²) in [6.07, 6.45) is 2.35. The van der Waals surface area contributed by atoms with Gasteiger partial charge in [0.05, 0.1) is 0 Å². The van der Waals surface area contributed by atoms with Crippen molar-refractivity contribution < 1.29 is 17.6 Å². The molecule has 1 amide bonds. The van der Waals surface area contributed by atoms with Gasteiger partial charge in [-0.15, -0.1) is 5.10 Å². The Kier molecular flexibility index (Phi) is 5.26. The molecule has 8 heteroatoms. The number of rotatable bonds is 7. The minimum Gasteiger partial charge on any atom is -0.412 e. The van der Waals surface area contributed by atoms with Gasteiger partial charge in [0.15, 0.2) is 0 Å². The monoisotopic (exact) mass is 323 g/mol. The summed E-state index contributed by atoms with van der Waals surface area (Å²) in [5.41, 5.74) is 1.10. The molecule has 1 heterocycles. The van der Waals surface area contributed by atoms with Crippen LogP contribution in [0.3, 0.4) is 0 Å². The number of sulfone groups is 1. The molecule has 1 aromatic carbocycles. The van der Waals surface area contributed by atoms with E-state index in [0.717, 1.165) is 11.8 Å². The Hall–Kier alpha value is -2.22. The molecule has 0 unspecified atom stereocenters. The highest BCUT2D eigenvalue weighted by atomic mass is 32.2. The van der Waals surface area contributed by atoms with Crippen molar-refractivity contribution in [2.75, 3.05) is 12.8 Å². The second-order valence-corrected chi connectivity index (χ2v) is 6.71. The van der Waals surface area contributed by atoms with Crippen molar-refractivity contribution in [3.8, 4) is 0 Å². The molecular weight excluding hydrogens is 306 g/mol. The average Bonchev–Trinajstić information content (AvgIpc) is 2.95. The van der Waals surface area contributed by atoms with Crippen LogP contribution >= 0.6 is 0 Å². The zero-order valence-electron chi connectivity index (χ0n) is 12.2. The smallest absolute Gasteiger partial charge is 0.335 e. The quantitative estimate of drug-likeness (QED) is 0.807. The van der Waals surface area contributed by atoms with Crippen molar-refractivity contribution in [2.45, 2.75) is 24.5 Å². The number of aryl methyl sites for hydroxylation is 1. The Morgan fingerprint density at radius 2 is 1.91 bits per heavy atom. The molecule has 1 aromatic heterocycles. The summed E-state index contributed by atoms with van der Waals surface area (Å²) < 4.78 is 27.4. The highest BCUT2D eigenvalue weighted by molar-refractivity contribution is 7.90. The fourth-order valence-electron chi connectivity index (χ4n) is 1.79. The molecule has 118 valence electrons. The molecule has 0 saturated heterocycles. The van der Waals surface area contributed by atoms with Gasteiger partial charge in [-0.25, -0.2) is 8.42 Å². The van der Waals surface area contributed by atoms with Crippen LogP contribution in [0.4, 0.5) is 0 Å². The van der Waals surface area contributed by atoms with Crippen LogP contribution in [0.25, 0.3) is 0 Å². The van der Waals surface area contributed by atoms with Gasteiger partial charge >= 0.3 is 5.22 Å². The summed E-state index contributed by atoms with van der Waals surface area (Å²) in [5.74, 6) is 0.107. The van der Waals surface area contributed by atoms with Crippen molar-refractivity contribution in [1.82, 2.24) is 15.5 Å². The van der Waals surface area contributed by atoms with Crippen LogP contribution in [0.5, 0.6) is 0 Å². The molecule has 0 aliphatic carbocycles. The van der Waals surface area contributed by atoms with E-state index in [-0.39, 0.29) is 11.8 Å². The molecule has 0 aliphatic heterocycles. The molecule has 7 nitrogen and oxygen atoms in total. The number of benzene rings is 1. The molecule has 2 aromatic rings. The van der Waals surface area contributed by atoms with Crippen LogP contribution < -0.4 is 5.32 Å². The Balaban J connectivity index is 1.72. The molecule has 2 rings (SSSR count). The van der Waals surface area contributed by atoms with Gasteiger partial charge in [-0.2, -0.15) is 0 Å². The van der Waals surface area contributed by atoms with Crippen LogP contribution in [0.2, 0.25) is 0 Å². The molecule has 1 N–H and O–H groups in total. The Morgan fingerprint density at radius 3 is 2.55 bits per heavy atom. The first kappa shape index (κ1) is 16.2. The summed E-state index contributed by atoms with van der Waals surface area (Å²) in [6.45, 7) is 0.318. The van der Waals surface area contributed by atoms with E-state index in [1.807, 2.05) is 30.3 Å². The van der Waals surface area contributed by atoms with E-state index in [2.05, 4.69) is 15.5 Å². The van der Waals surface area contributed by atoms with E-state index in [1.54, 1.807) is 0 Å². The number of nitrogens with one attached hydrogen (secondary N) is 1. The number of carbonyl (C=O) groups excluding carboxylic acids is 1. The lowest BCUT2D eigenvalue weighted by Gasteiger charge is -2.03. The van der Waals surface area contributed by atoms with Gasteiger partial charge in [-0.05, 0) is 12.0 Å². The van der Waals surface area contributed by atoms with Gasteiger partial charge in [0.1, 0.15) is 0 Å². The van der Waals surface area contributed by atoms with Crippen LogP contribution in [0, 0.1) is 0 Å². The average molecular weight is 323 g/mol. The highest BCUT2D eigenvalue weighted by Gasteiger charge is 2.16. The third kappa shape index (κ3) is 4.96. The number of nitrogens with zero attached hydrogens (tertiary/aromatic N) is 2. The first-order valence-electron chi connectivity index (χ1n) is 6.78. The van der Waals surface area contributed by atoms with Crippen LogP contribution in [-0.2, 0) is 27.5 Å². The standard InChI is InChI=1S/C14H17N3O4S/c1-22(19,20)14-17-16-13(21-14)9-10-15-12(18)8-7-11-5-3-2-4-6-11/h2-6H,7-10H2,1H3,(H,15,18). The summed E-state index contributed by atoms with van der Waals surface area (Å²) in [6, 6.07) is 9.74. The number of hydrogen-bond donors (Lipinski definition) is 1. The maximum atomic E-state index is 11.7. The molecule has 0 saturated carbocycles. The molecule has 0 bridgehead atoms. The SMILES string of the molecule is CS(=O)(=O)c1nnc(CCNC(=O)CCc2ccccc2)o1. The maximum absolute atomic E-state index is 11.7. The minimum atomic E-state index is -3.49. The molecular formula is C14H17N3O4S. The topological polar surface area (TPSA) is 102 Å². The normalized spacial score (nSPS) is 11.3. The second-order valence-electron chi connectivity index (χ2n) is 4.82. The number of hydrogen-bond acceptors (Lipinski definition) is 6. The largest absolute Gasteiger partial charge is 0.412 e. The fourth-order valence-corrected chi connectivity index (χ4v) is 2.23. The first-order valence-corrected chi connectivity index (χ1v) is 8.67. The van der Waals surface area contributed by atoms with Gasteiger partial charge in [-0.3, -0.25) is 4.79 Å². The predicted molar refractivity (Wildman–Crippen MR) is 78.9 cm³/mol. The Labute approximate surface area is 128 Å². The zero-order valence-corrected chi connectivity index (χ0v) is 13.0. The number of carbonyl (C=O) groups is 1. The predicted octanol–water partition coefficient (Wildman–Crippen LogP) is 0.765. The zero-order chi connectivity index (χ0) is 16.0. The third-order valence-corrected chi connectivity index (χ3v) is 3.71. The molecule has 0 fully saturated rings. The van der Waals surface area contributed by atoms with Crippen LogP contribution in [0.1, 0.15) is 17.9 Å². The first-order chi connectivity index (χ1) is 10.4. The Bertz CT molecular complexity index is 726. The lowest BCUT2D eigenvalue weighted by Crippen LogP contribution is -2.25. The van der Waals surface area contributed by atoms with Crippen molar-refractivity contribution >= 4 is 15.7 Å². The van der Waals surface area contributed by atoms with Crippen molar-refractivity contribution in [3.63, 3.8) is 0 Å². The molecule has 22 heavy (non-hydrogen) atoms. The lowest BCUT2D eigenvalue weighted by molar-refractivity contribution is -0.121. The lowest BCUT2D eigenvalue weighted by atomic mass is 10.1. The van der Waals surface area contributed by atoms with Gasteiger partial charge in [-0.1, -0.05) is 35.4 Å². The minimum absolute atomic E-state index is 0.0771. The van der Waals surface area contributed by atoms with E-state index >= 15 is 0 Å². The van der Waals surface area contributed by atoms with Crippen LogP contribution in [-0.4, -0.2) is 37.3 Å². The Morgan fingerprint density at radius 1 is 1.18 bits per heavy atom. The van der Waals surface area contributed by atoms with E-state index in [9.17, 15) is 13.2 Å². The number of amides is 1. The van der Waals surface area contributed by atoms with Crippen molar-refractivity contribution in [2.24, 2.45) is 0 Å². The molecule has 0 aliphatic rings.